The molecule has 1 rings (SSSR count). The van der Waals surface area contributed by atoms with E-state index in [-0.39, 0.29) is 17.5 Å². The third-order valence-electron chi connectivity index (χ3n) is 1.91. The number of alkyl halides is 3. The third-order valence-corrected chi connectivity index (χ3v) is 2.60. The van der Waals surface area contributed by atoms with Crippen LogP contribution in [0.5, 0.6) is 0 Å². The average Bonchev–Trinajstić information content (AvgIpc) is 2.32. The predicted molar refractivity (Wildman–Crippen MR) is 66.2 cm³/mol. The summed E-state index contributed by atoms with van der Waals surface area (Å²) in [5.41, 5.74) is -3.31. The third kappa shape index (κ3) is 8.14. The van der Waals surface area contributed by atoms with Crippen LogP contribution in [0.15, 0.2) is 36.5 Å². The van der Waals surface area contributed by atoms with E-state index < -0.39 is 5.51 Å². The van der Waals surface area contributed by atoms with Crippen molar-refractivity contribution in [3.63, 3.8) is 0 Å². The van der Waals surface area contributed by atoms with E-state index in [1.54, 1.807) is 12.3 Å². The van der Waals surface area contributed by atoms with Gasteiger partial charge in [0.25, 0.3) is 0 Å². The van der Waals surface area contributed by atoms with E-state index in [2.05, 4.69) is 4.98 Å². The molecule has 0 atom stereocenters. The molecule has 0 unspecified atom stereocenters. The standard InChI is InChI=1S/C12H14F3NOS/c13-12(14,15)18-9-5-1-4-8-17-10-11-6-2-3-7-16-11/h1-3,5-7H,4,8-10H2/b5-1+. The normalized spacial score (nSPS) is 12.2. The van der Waals surface area contributed by atoms with Crippen molar-refractivity contribution in [3.8, 4) is 0 Å². The molecular weight excluding hydrogens is 263 g/mol. The summed E-state index contributed by atoms with van der Waals surface area (Å²) in [5, 5.41) is 0. The first-order valence-corrected chi connectivity index (χ1v) is 6.40. The van der Waals surface area contributed by atoms with Crippen molar-refractivity contribution in [1.82, 2.24) is 4.98 Å². The lowest BCUT2D eigenvalue weighted by molar-refractivity contribution is -0.0326. The Morgan fingerprint density at radius 1 is 1.28 bits per heavy atom. The van der Waals surface area contributed by atoms with Crippen molar-refractivity contribution in [3.05, 3.63) is 42.2 Å². The van der Waals surface area contributed by atoms with Crippen LogP contribution in [0.3, 0.4) is 0 Å². The molecule has 0 radical (unpaired) electrons. The monoisotopic (exact) mass is 277 g/mol. The molecule has 18 heavy (non-hydrogen) atoms. The number of hydrogen-bond acceptors (Lipinski definition) is 3. The van der Waals surface area contributed by atoms with Crippen molar-refractivity contribution < 1.29 is 17.9 Å². The molecule has 1 aromatic rings. The van der Waals surface area contributed by atoms with Gasteiger partial charge in [0.05, 0.1) is 18.9 Å². The molecule has 1 heterocycles. The molecule has 0 fully saturated rings. The summed E-state index contributed by atoms with van der Waals surface area (Å²) in [6, 6.07) is 5.56. The van der Waals surface area contributed by atoms with Crippen molar-refractivity contribution in [1.29, 1.82) is 0 Å². The summed E-state index contributed by atoms with van der Waals surface area (Å²) in [6.07, 6.45) is 5.48. The van der Waals surface area contributed by atoms with Crippen LogP contribution in [0.4, 0.5) is 13.2 Å². The maximum atomic E-state index is 11.8. The van der Waals surface area contributed by atoms with Crippen LogP contribution < -0.4 is 0 Å². The molecule has 0 aromatic carbocycles. The predicted octanol–water partition coefficient (Wildman–Crippen LogP) is 3.80. The fraction of sp³-hybridized carbons (Fsp3) is 0.417. The van der Waals surface area contributed by atoms with E-state index in [9.17, 15) is 13.2 Å². The average molecular weight is 277 g/mol. The highest BCUT2D eigenvalue weighted by Gasteiger charge is 2.26. The summed E-state index contributed by atoms with van der Waals surface area (Å²) < 4.78 is 40.6. The number of ether oxygens (including phenoxy) is 1. The van der Waals surface area contributed by atoms with Crippen LogP contribution in [-0.2, 0) is 11.3 Å². The van der Waals surface area contributed by atoms with Gasteiger partial charge in [0.15, 0.2) is 0 Å². The van der Waals surface area contributed by atoms with E-state index in [1.807, 2.05) is 18.2 Å². The van der Waals surface area contributed by atoms with Gasteiger partial charge in [-0.25, -0.2) is 0 Å². The van der Waals surface area contributed by atoms with Crippen molar-refractivity contribution in [2.75, 3.05) is 12.4 Å². The number of nitrogens with zero attached hydrogens (tertiary/aromatic N) is 1. The summed E-state index contributed by atoms with van der Waals surface area (Å²) in [6.45, 7) is 0.899. The molecule has 0 saturated carbocycles. The summed E-state index contributed by atoms with van der Waals surface area (Å²) >= 11 is -0.0434. The smallest absolute Gasteiger partial charge is 0.375 e. The first kappa shape index (κ1) is 15.0. The van der Waals surface area contributed by atoms with E-state index in [1.165, 1.54) is 6.08 Å². The molecule has 0 saturated heterocycles. The van der Waals surface area contributed by atoms with E-state index in [0.717, 1.165) is 5.69 Å². The van der Waals surface area contributed by atoms with Gasteiger partial charge in [-0.3, -0.25) is 4.98 Å². The fourth-order valence-electron chi connectivity index (χ4n) is 1.14. The number of rotatable bonds is 7. The Labute approximate surface area is 108 Å². The molecule has 0 aliphatic heterocycles. The zero-order chi connectivity index (χ0) is 13.3. The van der Waals surface area contributed by atoms with Gasteiger partial charge < -0.3 is 4.74 Å². The van der Waals surface area contributed by atoms with E-state index in [0.29, 0.717) is 19.6 Å². The second-order valence-corrected chi connectivity index (χ2v) is 4.48. The van der Waals surface area contributed by atoms with Gasteiger partial charge >= 0.3 is 5.51 Å². The molecule has 0 spiro atoms. The molecule has 0 aliphatic carbocycles. The lowest BCUT2D eigenvalue weighted by Crippen LogP contribution is -2.00. The number of aromatic nitrogens is 1. The Morgan fingerprint density at radius 3 is 2.78 bits per heavy atom. The lowest BCUT2D eigenvalue weighted by Gasteiger charge is -2.02. The van der Waals surface area contributed by atoms with Gasteiger partial charge in [0.1, 0.15) is 0 Å². The lowest BCUT2D eigenvalue weighted by atomic mass is 10.4. The largest absolute Gasteiger partial charge is 0.442 e. The summed E-state index contributed by atoms with van der Waals surface area (Å²) in [7, 11) is 0. The van der Waals surface area contributed by atoms with Gasteiger partial charge in [-0.1, -0.05) is 18.2 Å². The van der Waals surface area contributed by atoms with Crippen molar-refractivity contribution >= 4 is 11.8 Å². The minimum Gasteiger partial charge on any atom is -0.375 e. The quantitative estimate of drug-likeness (QED) is 0.559. The molecule has 1 aromatic heterocycles. The van der Waals surface area contributed by atoms with Gasteiger partial charge in [0.2, 0.25) is 0 Å². The first-order valence-electron chi connectivity index (χ1n) is 5.41. The van der Waals surface area contributed by atoms with Crippen molar-refractivity contribution in [2.45, 2.75) is 18.5 Å². The second-order valence-electron chi connectivity index (χ2n) is 3.39. The summed E-state index contributed by atoms with van der Waals surface area (Å²) in [4.78, 5) is 4.08. The molecular formula is C12H14F3NOS. The Hall–Kier alpha value is -1.01. The van der Waals surface area contributed by atoms with Crippen LogP contribution in [0.25, 0.3) is 0 Å². The van der Waals surface area contributed by atoms with Gasteiger partial charge in [-0.15, -0.1) is 0 Å². The van der Waals surface area contributed by atoms with Gasteiger partial charge in [-0.05, 0) is 30.3 Å². The number of halogens is 3. The molecule has 0 N–H and O–H groups in total. The maximum absolute atomic E-state index is 11.8. The van der Waals surface area contributed by atoms with Crippen LogP contribution >= 0.6 is 11.8 Å². The highest BCUT2D eigenvalue weighted by Crippen LogP contribution is 2.29. The summed E-state index contributed by atoms with van der Waals surface area (Å²) in [5.74, 6) is -0.0518. The van der Waals surface area contributed by atoms with E-state index >= 15 is 0 Å². The highest BCUT2D eigenvalue weighted by atomic mass is 32.2. The van der Waals surface area contributed by atoms with E-state index in [4.69, 9.17) is 4.74 Å². The number of hydrogen-bond donors (Lipinski definition) is 0. The van der Waals surface area contributed by atoms with Crippen molar-refractivity contribution in [2.24, 2.45) is 0 Å². The second kappa shape index (κ2) is 8.16. The molecule has 0 aliphatic rings. The topological polar surface area (TPSA) is 22.1 Å². The Bertz CT molecular complexity index is 354. The highest BCUT2D eigenvalue weighted by molar-refractivity contribution is 8.00. The molecule has 2 nitrogen and oxygen atoms in total. The van der Waals surface area contributed by atoms with Crippen LogP contribution in [-0.4, -0.2) is 22.9 Å². The Balaban J connectivity index is 2.00. The molecule has 0 bridgehead atoms. The maximum Gasteiger partial charge on any atom is 0.442 e. The molecule has 6 heteroatoms. The first-order chi connectivity index (χ1) is 8.58. The number of thioether (sulfide) groups is 1. The van der Waals surface area contributed by atoms with Crippen LogP contribution in [0, 0.1) is 0 Å². The zero-order valence-corrected chi connectivity index (χ0v) is 10.5. The fourth-order valence-corrected chi connectivity index (χ4v) is 1.56. The zero-order valence-electron chi connectivity index (χ0n) is 9.69. The Kier molecular flexibility index (Phi) is 6.82. The Morgan fingerprint density at radius 2 is 2.11 bits per heavy atom. The number of pyridine rings is 1. The van der Waals surface area contributed by atoms with Gasteiger partial charge in [0, 0.05) is 11.9 Å². The van der Waals surface area contributed by atoms with Gasteiger partial charge in [-0.2, -0.15) is 13.2 Å². The van der Waals surface area contributed by atoms with Crippen LogP contribution in [0.2, 0.25) is 0 Å². The molecule has 0 amide bonds. The SMILES string of the molecule is FC(F)(F)SC/C=C/CCOCc1ccccn1. The minimum absolute atomic E-state index is 0.0434. The van der Waals surface area contributed by atoms with Crippen LogP contribution in [0.1, 0.15) is 12.1 Å². The molecule has 100 valence electrons. The minimum atomic E-state index is -4.15.